The molecule has 2 aliphatic rings. The molecule has 2 fully saturated rings. The molecule has 1 heterocycles. The van der Waals surface area contributed by atoms with Crippen molar-refractivity contribution in [3.63, 3.8) is 0 Å². The summed E-state index contributed by atoms with van der Waals surface area (Å²) < 4.78 is 5.57. The van der Waals surface area contributed by atoms with Crippen LogP contribution in [0.25, 0.3) is 0 Å². The molecular weight excluding hydrogens is 222 g/mol. The molecule has 1 aliphatic carbocycles. The Morgan fingerprint density at radius 1 is 1.06 bits per heavy atom. The summed E-state index contributed by atoms with van der Waals surface area (Å²) in [5.74, 6) is 0.758. The van der Waals surface area contributed by atoms with Crippen molar-refractivity contribution >= 4 is 0 Å². The Kier molecular flexibility index (Phi) is 3.16. The van der Waals surface area contributed by atoms with Gasteiger partial charge in [-0.05, 0) is 44.1 Å². The number of rotatable bonds is 2. The first-order valence-corrected chi connectivity index (χ1v) is 7.11. The van der Waals surface area contributed by atoms with Crippen molar-refractivity contribution in [1.82, 2.24) is 0 Å². The molecule has 0 spiro atoms. The summed E-state index contributed by atoms with van der Waals surface area (Å²) in [7, 11) is 0. The van der Waals surface area contributed by atoms with Gasteiger partial charge >= 0.3 is 0 Å². The van der Waals surface area contributed by atoms with Gasteiger partial charge in [-0.25, -0.2) is 0 Å². The van der Waals surface area contributed by atoms with Crippen LogP contribution in [0.1, 0.15) is 36.8 Å². The smallest absolute Gasteiger partial charge is 0.0588 e. The standard InChI is InChI=1S/C16H23NO/c1-12-2-4-13(5-3-12)16(10-18-11-16)14-6-8-15(17)9-7-14/h2-5,14-15H,6-11,17H2,1H3. The first-order chi connectivity index (χ1) is 8.71. The van der Waals surface area contributed by atoms with Crippen LogP contribution in [0.2, 0.25) is 0 Å². The fourth-order valence-electron chi connectivity index (χ4n) is 3.52. The SMILES string of the molecule is Cc1ccc(C2(C3CCC(N)CC3)COC2)cc1. The van der Waals surface area contributed by atoms with Gasteiger partial charge in [-0.15, -0.1) is 0 Å². The molecule has 2 N–H and O–H groups in total. The lowest BCUT2D eigenvalue weighted by Gasteiger charge is -2.49. The van der Waals surface area contributed by atoms with Gasteiger partial charge in [0, 0.05) is 11.5 Å². The van der Waals surface area contributed by atoms with E-state index in [-0.39, 0.29) is 5.41 Å². The van der Waals surface area contributed by atoms with Crippen LogP contribution in [0.3, 0.4) is 0 Å². The Bertz CT molecular complexity index is 400. The average molecular weight is 245 g/mol. The van der Waals surface area contributed by atoms with E-state index in [0.29, 0.717) is 6.04 Å². The van der Waals surface area contributed by atoms with E-state index in [1.165, 1.54) is 36.8 Å². The van der Waals surface area contributed by atoms with E-state index in [4.69, 9.17) is 10.5 Å². The average Bonchev–Trinajstić information content (AvgIpc) is 2.32. The lowest BCUT2D eigenvalue weighted by molar-refractivity contribution is -0.0984. The third-order valence-electron chi connectivity index (χ3n) is 4.90. The van der Waals surface area contributed by atoms with Gasteiger partial charge in [0.15, 0.2) is 0 Å². The van der Waals surface area contributed by atoms with Gasteiger partial charge in [0.1, 0.15) is 0 Å². The van der Waals surface area contributed by atoms with Crippen LogP contribution in [-0.4, -0.2) is 19.3 Å². The molecule has 0 bridgehead atoms. The second-order valence-corrected chi connectivity index (χ2v) is 6.13. The topological polar surface area (TPSA) is 35.2 Å². The highest BCUT2D eigenvalue weighted by Crippen LogP contribution is 2.45. The third kappa shape index (κ3) is 1.98. The van der Waals surface area contributed by atoms with Crippen molar-refractivity contribution < 1.29 is 4.74 Å². The highest BCUT2D eigenvalue weighted by molar-refractivity contribution is 5.32. The molecule has 2 nitrogen and oxygen atoms in total. The minimum absolute atomic E-state index is 0.286. The van der Waals surface area contributed by atoms with Crippen LogP contribution in [0.4, 0.5) is 0 Å². The van der Waals surface area contributed by atoms with Gasteiger partial charge < -0.3 is 10.5 Å². The summed E-state index contributed by atoms with van der Waals surface area (Å²) in [6, 6.07) is 9.48. The van der Waals surface area contributed by atoms with Crippen LogP contribution in [0.15, 0.2) is 24.3 Å². The predicted molar refractivity (Wildman–Crippen MR) is 73.6 cm³/mol. The van der Waals surface area contributed by atoms with Crippen molar-refractivity contribution in [1.29, 1.82) is 0 Å². The second kappa shape index (κ2) is 4.67. The number of benzene rings is 1. The van der Waals surface area contributed by atoms with Crippen LogP contribution in [0, 0.1) is 12.8 Å². The maximum atomic E-state index is 6.03. The maximum Gasteiger partial charge on any atom is 0.0588 e. The molecule has 1 aromatic rings. The van der Waals surface area contributed by atoms with Crippen molar-refractivity contribution in [3.05, 3.63) is 35.4 Å². The molecule has 1 saturated heterocycles. The normalized spacial score (nSPS) is 30.8. The fourth-order valence-corrected chi connectivity index (χ4v) is 3.52. The van der Waals surface area contributed by atoms with Gasteiger partial charge in [-0.2, -0.15) is 0 Å². The number of aryl methyl sites for hydroxylation is 1. The molecule has 1 aromatic carbocycles. The first kappa shape index (κ1) is 12.2. The Hall–Kier alpha value is -0.860. The van der Waals surface area contributed by atoms with Crippen molar-refractivity contribution in [2.75, 3.05) is 13.2 Å². The molecule has 0 radical (unpaired) electrons. The van der Waals surface area contributed by atoms with Crippen LogP contribution in [0.5, 0.6) is 0 Å². The third-order valence-corrected chi connectivity index (χ3v) is 4.90. The van der Waals surface area contributed by atoms with E-state index in [9.17, 15) is 0 Å². The molecule has 1 saturated carbocycles. The minimum atomic E-state index is 0.286. The van der Waals surface area contributed by atoms with Gasteiger partial charge in [0.05, 0.1) is 13.2 Å². The van der Waals surface area contributed by atoms with Gasteiger partial charge in [-0.1, -0.05) is 29.8 Å². The Morgan fingerprint density at radius 3 is 2.17 bits per heavy atom. The van der Waals surface area contributed by atoms with Crippen molar-refractivity contribution in [2.24, 2.45) is 11.7 Å². The summed E-state index contributed by atoms with van der Waals surface area (Å²) >= 11 is 0. The van der Waals surface area contributed by atoms with Gasteiger partial charge in [-0.3, -0.25) is 0 Å². The summed E-state index contributed by atoms with van der Waals surface area (Å²) in [6.07, 6.45) is 4.88. The van der Waals surface area contributed by atoms with Crippen LogP contribution in [-0.2, 0) is 10.2 Å². The Balaban J connectivity index is 1.83. The molecular formula is C16H23NO. The highest BCUT2D eigenvalue weighted by Gasteiger charge is 2.47. The quantitative estimate of drug-likeness (QED) is 0.869. The van der Waals surface area contributed by atoms with Crippen molar-refractivity contribution in [2.45, 2.75) is 44.1 Å². The number of hydrogen-bond donors (Lipinski definition) is 1. The monoisotopic (exact) mass is 245 g/mol. The number of ether oxygens (including phenoxy) is 1. The lowest BCUT2D eigenvalue weighted by atomic mass is 9.63. The number of hydrogen-bond acceptors (Lipinski definition) is 2. The Labute approximate surface area is 110 Å². The second-order valence-electron chi connectivity index (χ2n) is 6.13. The van der Waals surface area contributed by atoms with Crippen molar-refractivity contribution in [3.8, 4) is 0 Å². The van der Waals surface area contributed by atoms with Gasteiger partial charge in [0.25, 0.3) is 0 Å². The molecule has 1 aliphatic heterocycles. The fraction of sp³-hybridized carbons (Fsp3) is 0.625. The summed E-state index contributed by atoms with van der Waals surface area (Å²) in [5.41, 5.74) is 9.12. The van der Waals surface area contributed by atoms with E-state index < -0.39 is 0 Å². The molecule has 0 unspecified atom stereocenters. The molecule has 18 heavy (non-hydrogen) atoms. The first-order valence-electron chi connectivity index (χ1n) is 7.11. The largest absolute Gasteiger partial charge is 0.379 e. The highest BCUT2D eigenvalue weighted by atomic mass is 16.5. The van der Waals surface area contributed by atoms with Crippen LogP contribution < -0.4 is 5.73 Å². The molecule has 0 aromatic heterocycles. The molecule has 98 valence electrons. The summed E-state index contributed by atoms with van der Waals surface area (Å²) in [4.78, 5) is 0. The molecule has 0 atom stereocenters. The van der Waals surface area contributed by atoms with E-state index in [2.05, 4.69) is 31.2 Å². The summed E-state index contributed by atoms with van der Waals surface area (Å²) in [5, 5.41) is 0. The van der Waals surface area contributed by atoms with E-state index in [1.807, 2.05) is 0 Å². The predicted octanol–water partition coefficient (Wildman–Crippen LogP) is 2.78. The Morgan fingerprint density at radius 2 is 1.67 bits per heavy atom. The van der Waals surface area contributed by atoms with E-state index >= 15 is 0 Å². The molecule has 0 amide bonds. The molecule has 2 heteroatoms. The van der Waals surface area contributed by atoms with E-state index in [1.54, 1.807) is 0 Å². The zero-order valence-corrected chi connectivity index (χ0v) is 11.2. The molecule has 3 rings (SSSR count). The minimum Gasteiger partial charge on any atom is -0.379 e. The zero-order chi connectivity index (χ0) is 12.6. The summed E-state index contributed by atoms with van der Waals surface area (Å²) in [6.45, 7) is 3.94. The maximum absolute atomic E-state index is 6.03. The zero-order valence-electron chi connectivity index (χ0n) is 11.2. The van der Waals surface area contributed by atoms with E-state index in [0.717, 1.165) is 19.1 Å². The van der Waals surface area contributed by atoms with Crippen LogP contribution >= 0.6 is 0 Å². The lowest BCUT2D eigenvalue weighted by Crippen LogP contribution is -2.53. The van der Waals surface area contributed by atoms with Gasteiger partial charge in [0.2, 0.25) is 0 Å². The number of nitrogens with two attached hydrogens (primary N) is 1.